The molecule has 6 aromatic rings. The molecule has 15 heteroatoms. The number of hydrogen-bond donors (Lipinski definition) is 3. The van der Waals surface area contributed by atoms with Gasteiger partial charge in [0.15, 0.2) is 5.82 Å². The number of aryl methyl sites for hydroxylation is 1. The van der Waals surface area contributed by atoms with Crippen LogP contribution in [0.25, 0.3) is 16.9 Å². The van der Waals surface area contributed by atoms with Crippen LogP contribution in [0.15, 0.2) is 99.6 Å². The Balaban J connectivity index is 0.925. The Kier molecular flexibility index (Phi) is 11.6. The van der Waals surface area contributed by atoms with E-state index in [2.05, 4.69) is 58.5 Å². The third-order valence-electron chi connectivity index (χ3n) is 10.5. The van der Waals surface area contributed by atoms with Crippen LogP contribution in [0.1, 0.15) is 80.3 Å². The minimum absolute atomic E-state index is 0.0559. The van der Waals surface area contributed by atoms with Crippen molar-refractivity contribution < 1.29 is 9.32 Å². The Morgan fingerprint density at radius 1 is 0.966 bits per heavy atom. The van der Waals surface area contributed by atoms with Crippen molar-refractivity contribution in [2.24, 2.45) is 0 Å². The number of anilines is 3. The lowest BCUT2D eigenvalue weighted by molar-refractivity contribution is 0.0895. The number of rotatable bonds is 12. The van der Waals surface area contributed by atoms with Gasteiger partial charge >= 0.3 is 17.5 Å². The molecule has 0 saturated carbocycles. The molecule has 1 aliphatic heterocycles. The summed E-state index contributed by atoms with van der Waals surface area (Å²) in [6.07, 6.45) is 6.85. The predicted octanol–water partition coefficient (Wildman–Crippen LogP) is 5.74. The van der Waals surface area contributed by atoms with Gasteiger partial charge in [-0.25, -0.2) is 19.7 Å². The molecule has 1 aliphatic rings. The maximum Gasteiger partial charge on any atom is 0.332 e. The lowest BCUT2D eigenvalue weighted by atomic mass is 9.96. The molecular weight excluding hydrogens is 735 g/mol. The van der Waals surface area contributed by atoms with E-state index in [1.165, 1.54) is 28.7 Å². The maximum absolute atomic E-state index is 12.9. The van der Waals surface area contributed by atoms with Crippen molar-refractivity contribution in [2.75, 3.05) is 36.4 Å². The Morgan fingerprint density at radius 3 is 2.45 bits per heavy atom. The number of nitrogens with one attached hydrogen (secondary N) is 3. The fourth-order valence-corrected chi connectivity index (χ4v) is 7.17. The first-order chi connectivity index (χ1) is 27.8. The Bertz CT molecular complexity index is 2490. The zero-order valence-corrected chi connectivity index (χ0v) is 33.7. The van der Waals surface area contributed by atoms with E-state index in [0.29, 0.717) is 29.2 Å². The number of carbonyl (C=O) groups excluding carboxylic acids is 1. The molecule has 0 bridgehead atoms. The summed E-state index contributed by atoms with van der Waals surface area (Å²) in [7, 11) is 0. The number of aromatic amines is 1. The predicted molar refractivity (Wildman–Crippen MR) is 223 cm³/mol. The largest absolute Gasteiger partial charge is 0.365 e. The Morgan fingerprint density at radius 2 is 1.76 bits per heavy atom. The van der Waals surface area contributed by atoms with Crippen molar-refractivity contribution in [3.63, 3.8) is 0 Å². The van der Waals surface area contributed by atoms with Crippen molar-refractivity contribution in [3.05, 3.63) is 135 Å². The second-order valence-electron chi connectivity index (χ2n) is 15.7. The third-order valence-corrected chi connectivity index (χ3v) is 10.5. The molecule has 0 spiro atoms. The molecule has 0 radical (unpaired) electrons. The normalized spacial score (nSPS) is 15.3. The quantitative estimate of drug-likeness (QED) is 0.137. The van der Waals surface area contributed by atoms with Crippen LogP contribution < -0.4 is 26.8 Å². The number of H-pyrrole nitrogens is 1. The second kappa shape index (κ2) is 16.9. The zero-order chi connectivity index (χ0) is 41.0. The molecule has 1 saturated heterocycles. The Hall–Kier alpha value is -6.48. The molecule has 15 nitrogen and oxygen atoms in total. The van der Waals surface area contributed by atoms with E-state index < -0.39 is 17.2 Å². The number of nitrogens with zero attached hydrogens (tertiary/aromatic N) is 8. The number of pyridine rings is 1. The number of carbonyl (C=O) groups is 1. The molecule has 1 fully saturated rings. The smallest absolute Gasteiger partial charge is 0.332 e. The monoisotopic (exact) mass is 783 g/mol. The molecule has 7 rings (SSSR count). The van der Waals surface area contributed by atoms with Crippen LogP contribution in [0.2, 0.25) is 0 Å². The molecule has 300 valence electrons. The van der Waals surface area contributed by atoms with Crippen LogP contribution >= 0.6 is 0 Å². The number of hydrogen-bond acceptors (Lipinski definition) is 12. The molecular formula is C43H49N11O4. The van der Waals surface area contributed by atoms with Crippen LogP contribution in [0, 0.1) is 6.92 Å². The van der Waals surface area contributed by atoms with Gasteiger partial charge in [-0.05, 0) is 73.7 Å². The van der Waals surface area contributed by atoms with Gasteiger partial charge in [-0.1, -0.05) is 57.1 Å². The minimum atomic E-state index is -0.450. The molecule has 0 unspecified atom stereocenters. The summed E-state index contributed by atoms with van der Waals surface area (Å²) in [5.41, 5.74) is 5.44. The van der Waals surface area contributed by atoms with Crippen molar-refractivity contribution in [1.29, 1.82) is 0 Å². The van der Waals surface area contributed by atoms with Gasteiger partial charge in [-0.15, -0.1) is 0 Å². The van der Waals surface area contributed by atoms with Crippen LogP contribution in [0.4, 0.5) is 17.3 Å². The topological polar surface area (TPSA) is 180 Å². The average molecular weight is 784 g/mol. The lowest BCUT2D eigenvalue weighted by Gasteiger charge is -2.42. The van der Waals surface area contributed by atoms with Gasteiger partial charge in [-0.2, -0.15) is 4.98 Å². The SMILES string of the molecule is CC[C@@H]1CN(CCc2ccc(-n3ccc(=O)[nH]c3=O)cc2)CCN1c1ccc(Nc2cc(-c3ccc([C@@H](C)NC(=O)c4nc(C(C)(C)C)no4)c(C)c3)ncn2)nc1. The summed E-state index contributed by atoms with van der Waals surface area (Å²) in [4.78, 5) is 61.7. The average Bonchev–Trinajstić information content (AvgIpc) is 3.73. The van der Waals surface area contributed by atoms with Crippen LogP contribution in [0.5, 0.6) is 0 Å². The fraction of sp³-hybridized carbons (Fsp3) is 0.349. The van der Waals surface area contributed by atoms with E-state index in [1.54, 1.807) is 0 Å². The van der Waals surface area contributed by atoms with Crippen LogP contribution in [-0.4, -0.2) is 77.7 Å². The van der Waals surface area contributed by atoms with Gasteiger partial charge in [0.25, 0.3) is 5.56 Å². The van der Waals surface area contributed by atoms with Gasteiger partial charge in [0, 0.05) is 61.5 Å². The number of benzene rings is 2. The van der Waals surface area contributed by atoms with Crippen LogP contribution in [-0.2, 0) is 11.8 Å². The number of amides is 1. The molecule has 58 heavy (non-hydrogen) atoms. The van der Waals surface area contributed by atoms with Gasteiger partial charge < -0.3 is 20.1 Å². The van der Waals surface area contributed by atoms with Crippen molar-refractivity contribution in [2.45, 2.75) is 71.9 Å². The van der Waals surface area contributed by atoms with Gasteiger partial charge in [0.05, 0.1) is 29.3 Å². The maximum atomic E-state index is 12.9. The number of aromatic nitrogens is 7. The van der Waals surface area contributed by atoms with E-state index in [1.807, 2.05) is 95.4 Å². The summed E-state index contributed by atoms with van der Waals surface area (Å²) in [5, 5.41) is 10.3. The van der Waals surface area contributed by atoms with Crippen LogP contribution in [0.3, 0.4) is 0 Å². The molecule has 2 aromatic carbocycles. The summed E-state index contributed by atoms with van der Waals surface area (Å²) in [5.74, 6) is 1.32. The third kappa shape index (κ3) is 9.21. The fourth-order valence-electron chi connectivity index (χ4n) is 7.17. The second-order valence-corrected chi connectivity index (χ2v) is 15.7. The molecule has 5 heterocycles. The summed E-state index contributed by atoms with van der Waals surface area (Å²) in [6.45, 7) is 15.8. The first-order valence-electron chi connectivity index (χ1n) is 19.6. The van der Waals surface area contributed by atoms with Crippen molar-refractivity contribution in [1.82, 2.24) is 44.9 Å². The minimum Gasteiger partial charge on any atom is -0.365 e. The molecule has 0 aliphatic carbocycles. The molecule has 3 N–H and O–H groups in total. The van der Waals surface area contributed by atoms with E-state index in [4.69, 9.17) is 9.51 Å². The van der Waals surface area contributed by atoms with E-state index in [9.17, 15) is 14.4 Å². The Labute approximate surface area is 336 Å². The van der Waals surface area contributed by atoms with E-state index >= 15 is 0 Å². The standard InChI is InChI=1S/C43H49N11O4/c1-7-31-25-52(18-16-29-8-11-32(12-9-29)54-19-17-38(55)49-42(54)57)20-21-53(31)33-13-15-36(44-24-33)48-37-23-35(45-26-46-37)30-10-14-34(27(2)22-30)28(3)47-39(56)40-50-41(51-58-40)43(4,5)6/h8-15,17,19,22-24,26,28,31H,7,16,18,20-21,25H2,1-6H3,(H,47,56)(H,49,55,57)(H,44,45,46,48)/t28-,31-/m1/s1. The molecule has 1 amide bonds. The van der Waals surface area contributed by atoms with Gasteiger partial charge in [0.1, 0.15) is 18.0 Å². The molecule has 4 aromatic heterocycles. The lowest BCUT2D eigenvalue weighted by Crippen LogP contribution is -2.53. The van der Waals surface area contributed by atoms with Gasteiger partial charge in [0.2, 0.25) is 0 Å². The van der Waals surface area contributed by atoms with Gasteiger partial charge in [-0.3, -0.25) is 24.0 Å². The number of piperazine rings is 1. The first-order valence-corrected chi connectivity index (χ1v) is 19.6. The zero-order valence-electron chi connectivity index (χ0n) is 33.7. The highest BCUT2D eigenvalue weighted by Gasteiger charge is 2.27. The molecule has 2 atom stereocenters. The summed E-state index contributed by atoms with van der Waals surface area (Å²) in [6, 6.07) is 21.3. The van der Waals surface area contributed by atoms with E-state index in [-0.39, 0.29) is 17.3 Å². The summed E-state index contributed by atoms with van der Waals surface area (Å²) < 4.78 is 6.65. The highest BCUT2D eigenvalue weighted by atomic mass is 16.5. The van der Waals surface area contributed by atoms with Crippen molar-refractivity contribution in [3.8, 4) is 16.9 Å². The highest BCUT2D eigenvalue weighted by molar-refractivity contribution is 5.89. The summed E-state index contributed by atoms with van der Waals surface area (Å²) >= 11 is 0. The van der Waals surface area contributed by atoms with Crippen molar-refractivity contribution >= 4 is 23.2 Å². The van der Waals surface area contributed by atoms with E-state index in [0.717, 1.165) is 67.1 Å². The highest BCUT2D eigenvalue weighted by Crippen LogP contribution is 2.28. The first kappa shape index (κ1) is 39.7.